The zero-order valence-corrected chi connectivity index (χ0v) is 16.0. The number of fused-ring (bicyclic) bond motifs is 2. The molecular formula is C23H21N2O3+. The van der Waals surface area contributed by atoms with Gasteiger partial charge in [-0.05, 0) is 29.8 Å². The third-order valence-corrected chi connectivity index (χ3v) is 4.94. The number of anilines is 1. The zero-order chi connectivity index (χ0) is 19.8. The van der Waals surface area contributed by atoms with Crippen LogP contribution in [-0.4, -0.2) is 32.2 Å². The number of benzene rings is 3. The molecule has 0 radical (unpaired) electrons. The largest absolute Gasteiger partial charge is 0.478 e. The summed E-state index contributed by atoms with van der Waals surface area (Å²) in [5.41, 5.74) is 4.31. The van der Waals surface area contributed by atoms with Crippen molar-refractivity contribution in [3.63, 3.8) is 0 Å². The summed E-state index contributed by atoms with van der Waals surface area (Å²) in [6.07, 6.45) is 0. The lowest BCUT2D eigenvalue weighted by Crippen LogP contribution is -2.21. The summed E-state index contributed by atoms with van der Waals surface area (Å²) in [6, 6.07) is 18.9. The van der Waals surface area contributed by atoms with Crippen LogP contribution in [0, 0.1) is 0 Å². The Morgan fingerprint density at radius 3 is 2.50 bits per heavy atom. The van der Waals surface area contributed by atoms with E-state index in [4.69, 9.17) is 4.42 Å². The van der Waals surface area contributed by atoms with Crippen LogP contribution < -0.4 is 15.2 Å². The molecule has 0 aromatic heterocycles. The number of carbonyl (C=O) groups is 1. The number of hydrogen-bond acceptors (Lipinski definition) is 3. The van der Waals surface area contributed by atoms with Crippen molar-refractivity contribution in [1.82, 2.24) is 4.58 Å². The van der Waals surface area contributed by atoms with Crippen molar-refractivity contribution >= 4 is 22.6 Å². The van der Waals surface area contributed by atoms with Gasteiger partial charge in [-0.1, -0.05) is 18.2 Å². The fourth-order valence-corrected chi connectivity index (χ4v) is 3.49. The van der Waals surface area contributed by atoms with E-state index in [-0.39, 0.29) is 5.56 Å². The third kappa shape index (κ3) is 2.91. The molecule has 0 bridgehead atoms. The molecule has 1 aliphatic heterocycles. The number of nitrogens with one attached hydrogen (secondary N) is 1. The monoisotopic (exact) mass is 373 g/mol. The summed E-state index contributed by atoms with van der Waals surface area (Å²) in [6.45, 7) is 0. The highest BCUT2D eigenvalue weighted by Crippen LogP contribution is 2.41. The average Bonchev–Trinajstić information content (AvgIpc) is 2.70. The Labute approximate surface area is 162 Å². The van der Waals surface area contributed by atoms with Gasteiger partial charge < -0.3 is 14.8 Å². The van der Waals surface area contributed by atoms with Crippen LogP contribution in [0.25, 0.3) is 33.4 Å². The molecule has 2 aromatic rings. The predicted octanol–water partition coefficient (Wildman–Crippen LogP) is 3.98. The Bertz CT molecular complexity index is 1250. The molecule has 2 N–H and O–H groups in total. The van der Waals surface area contributed by atoms with Gasteiger partial charge in [0.2, 0.25) is 5.36 Å². The van der Waals surface area contributed by atoms with Gasteiger partial charge in [0.25, 0.3) is 0 Å². The Morgan fingerprint density at radius 1 is 1.00 bits per heavy atom. The Kier molecular flexibility index (Phi) is 4.35. The number of hydrogen-bond donors (Lipinski definition) is 2. The van der Waals surface area contributed by atoms with Crippen LogP contribution in [0.5, 0.6) is 0 Å². The summed E-state index contributed by atoms with van der Waals surface area (Å²) in [5, 5.41) is 14.7. The molecule has 28 heavy (non-hydrogen) atoms. The van der Waals surface area contributed by atoms with Crippen molar-refractivity contribution in [3.8, 4) is 22.5 Å². The second kappa shape index (κ2) is 6.85. The molecule has 4 rings (SSSR count). The minimum atomic E-state index is -0.950. The lowest BCUT2D eigenvalue weighted by atomic mass is 9.90. The molecule has 1 aliphatic carbocycles. The number of carboxylic acid groups (broad SMARTS) is 1. The lowest BCUT2D eigenvalue weighted by Gasteiger charge is -2.17. The number of rotatable bonds is 3. The van der Waals surface area contributed by atoms with E-state index in [0.29, 0.717) is 16.9 Å². The fraction of sp³-hybridized carbons (Fsp3) is 0.130. The van der Waals surface area contributed by atoms with Gasteiger partial charge in [0.05, 0.1) is 11.6 Å². The highest BCUT2D eigenvalue weighted by molar-refractivity contribution is 6.07. The molecule has 5 nitrogen and oxygen atoms in total. The molecule has 1 heterocycles. The van der Waals surface area contributed by atoms with E-state index in [2.05, 4.69) is 5.32 Å². The van der Waals surface area contributed by atoms with Crippen molar-refractivity contribution in [2.45, 2.75) is 0 Å². The molecule has 0 spiro atoms. The summed E-state index contributed by atoms with van der Waals surface area (Å²) in [5.74, 6) is -0.239. The Hall–Kier alpha value is -3.60. The molecule has 140 valence electrons. The SMILES string of the molecule is CNc1ccc2c(-c3ccccc3C(=O)O)c3ccc(=[N+](C)C)cc-3oc2c1. The van der Waals surface area contributed by atoms with E-state index < -0.39 is 5.97 Å². The third-order valence-electron chi connectivity index (χ3n) is 4.94. The topological polar surface area (TPSA) is 65.5 Å². The first-order chi connectivity index (χ1) is 13.5. The predicted molar refractivity (Wildman–Crippen MR) is 112 cm³/mol. The van der Waals surface area contributed by atoms with Crippen molar-refractivity contribution in [1.29, 1.82) is 0 Å². The van der Waals surface area contributed by atoms with Crippen LogP contribution in [0.3, 0.4) is 0 Å². The van der Waals surface area contributed by atoms with Crippen LogP contribution in [0.15, 0.2) is 65.1 Å². The van der Waals surface area contributed by atoms with E-state index in [0.717, 1.165) is 27.6 Å². The van der Waals surface area contributed by atoms with Crippen LogP contribution in [-0.2, 0) is 0 Å². The van der Waals surface area contributed by atoms with Gasteiger partial charge >= 0.3 is 5.97 Å². The number of aromatic carboxylic acids is 1. The standard InChI is InChI=1S/C23H20N2O3/c1-24-14-8-10-18-20(12-14)28-21-13-15(25(2)3)9-11-19(21)22(18)16-6-4-5-7-17(16)23(26)27/h4-13H,1-3H3,(H,26,27)/p+1. The first-order valence-corrected chi connectivity index (χ1v) is 9.01. The van der Waals surface area contributed by atoms with Gasteiger partial charge in [0, 0.05) is 41.4 Å². The number of nitrogens with zero attached hydrogens (tertiary/aromatic N) is 1. The van der Waals surface area contributed by atoms with Crippen molar-refractivity contribution in [3.05, 3.63) is 71.6 Å². The average molecular weight is 373 g/mol. The smallest absolute Gasteiger partial charge is 0.336 e. The minimum absolute atomic E-state index is 0.269. The van der Waals surface area contributed by atoms with Gasteiger partial charge in [-0.25, -0.2) is 9.37 Å². The van der Waals surface area contributed by atoms with Gasteiger partial charge in [0.1, 0.15) is 25.4 Å². The Morgan fingerprint density at radius 2 is 1.79 bits per heavy atom. The maximum Gasteiger partial charge on any atom is 0.336 e. The van der Waals surface area contributed by atoms with Gasteiger partial charge in [-0.15, -0.1) is 0 Å². The van der Waals surface area contributed by atoms with E-state index in [1.807, 2.05) is 74.2 Å². The molecule has 0 saturated heterocycles. The highest BCUT2D eigenvalue weighted by Gasteiger charge is 2.21. The maximum absolute atomic E-state index is 11.9. The second-order valence-corrected chi connectivity index (χ2v) is 6.86. The summed E-state index contributed by atoms with van der Waals surface area (Å²) in [4.78, 5) is 11.9. The number of carboxylic acids is 1. The first kappa shape index (κ1) is 17.8. The van der Waals surface area contributed by atoms with Crippen LogP contribution in [0.4, 0.5) is 5.69 Å². The quantitative estimate of drug-likeness (QED) is 0.421. The van der Waals surface area contributed by atoms with Gasteiger partial charge in [0.15, 0.2) is 0 Å². The van der Waals surface area contributed by atoms with Crippen LogP contribution >= 0.6 is 0 Å². The Balaban J connectivity index is 2.20. The summed E-state index contributed by atoms with van der Waals surface area (Å²) >= 11 is 0. The fourth-order valence-electron chi connectivity index (χ4n) is 3.49. The molecule has 2 aromatic carbocycles. The van der Waals surface area contributed by atoms with Crippen molar-refractivity contribution in [2.24, 2.45) is 0 Å². The maximum atomic E-state index is 11.9. The summed E-state index contributed by atoms with van der Waals surface area (Å²) in [7, 11) is 5.80. The highest BCUT2D eigenvalue weighted by atomic mass is 16.4. The normalized spacial score (nSPS) is 11.0. The summed E-state index contributed by atoms with van der Waals surface area (Å²) < 4.78 is 8.24. The van der Waals surface area contributed by atoms with Crippen LogP contribution in [0.2, 0.25) is 0 Å². The second-order valence-electron chi connectivity index (χ2n) is 6.86. The molecule has 0 amide bonds. The van der Waals surface area contributed by atoms with E-state index in [1.165, 1.54) is 0 Å². The molecule has 0 atom stereocenters. The van der Waals surface area contributed by atoms with Crippen LogP contribution in [0.1, 0.15) is 10.4 Å². The zero-order valence-electron chi connectivity index (χ0n) is 16.0. The van der Waals surface area contributed by atoms with Crippen molar-refractivity contribution in [2.75, 3.05) is 26.5 Å². The molecule has 0 saturated carbocycles. The molecule has 5 heteroatoms. The van der Waals surface area contributed by atoms with E-state index in [1.54, 1.807) is 12.1 Å². The van der Waals surface area contributed by atoms with Crippen molar-refractivity contribution < 1.29 is 14.3 Å². The van der Waals surface area contributed by atoms with E-state index >= 15 is 0 Å². The first-order valence-electron chi connectivity index (χ1n) is 9.01. The lowest BCUT2D eigenvalue weighted by molar-refractivity contribution is 0.0697. The molecular weight excluding hydrogens is 352 g/mol. The molecule has 2 aliphatic rings. The van der Waals surface area contributed by atoms with Gasteiger partial charge in [-0.2, -0.15) is 0 Å². The molecule has 0 fully saturated rings. The minimum Gasteiger partial charge on any atom is -0.478 e. The molecule has 0 unspecified atom stereocenters. The van der Waals surface area contributed by atoms with Gasteiger partial charge in [-0.3, -0.25) is 0 Å². The van der Waals surface area contributed by atoms with E-state index in [9.17, 15) is 9.90 Å².